The molecule has 0 unspecified atom stereocenters. The molecule has 0 atom stereocenters. The van der Waals surface area contributed by atoms with Crippen LogP contribution in [0.15, 0.2) is 23.1 Å². The second-order valence-corrected chi connectivity index (χ2v) is 4.38. The van der Waals surface area contributed by atoms with E-state index in [1.807, 2.05) is 32.2 Å². The average Bonchev–Trinajstić information content (AvgIpc) is 2.15. The maximum atomic E-state index is 11.9. The van der Waals surface area contributed by atoms with E-state index in [1.54, 1.807) is 4.57 Å². The summed E-state index contributed by atoms with van der Waals surface area (Å²) in [5, 5.41) is 3.26. The molecule has 0 aliphatic heterocycles. The molecule has 3 nitrogen and oxygen atoms in total. The van der Waals surface area contributed by atoms with Gasteiger partial charge in [0.25, 0.3) is 5.56 Å². The molecule has 0 aromatic carbocycles. The maximum absolute atomic E-state index is 11.9. The minimum atomic E-state index is 0.112. The van der Waals surface area contributed by atoms with Crippen LogP contribution in [-0.4, -0.2) is 10.6 Å². The van der Waals surface area contributed by atoms with Crippen molar-refractivity contribution in [3.63, 3.8) is 0 Å². The molecule has 84 valence electrons. The van der Waals surface area contributed by atoms with Crippen LogP contribution in [0, 0.1) is 0 Å². The molecule has 1 N–H and O–H groups in total. The van der Waals surface area contributed by atoms with Crippen molar-refractivity contribution in [2.45, 2.75) is 46.3 Å². The van der Waals surface area contributed by atoms with Crippen LogP contribution in [0.4, 0.5) is 0 Å². The summed E-state index contributed by atoms with van der Waals surface area (Å²) in [6.45, 7) is 8.82. The van der Waals surface area contributed by atoms with Gasteiger partial charge in [-0.1, -0.05) is 19.9 Å². The van der Waals surface area contributed by atoms with Crippen molar-refractivity contribution in [3.05, 3.63) is 34.2 Å². The fourth-order valence-electron chi connectivity index (χ4n) is 1.41. The molecule has 15 heavy (non-hydrogen) atoms. The fourth-order valence-corrected chi connectivity index (χ4v) is 1.41. The van der Waals surface area contributed by atoms with Crippen molar-refractivity contribution >= 4 is 0 Å². The second-order valence-electron chi connectivity index (χ2n) is 4.38. The average molecular weight is 208 g/mol. The molecule has 1 aromatic heterocycles. The minimum absolute atomic E-state index is 0.112. The number of aromatic nitrogens is 1. The molecule has 0 aliphatic carbocycles. The lowest BCUT2D eigenvalue weighted by molar-refractivity contribution is 0.552. The van der Waals surface area contributed by atoms with Crippen LogP contribution in [0.1, 0.15) is 39.3 Å². The Morgan fingerprint density at radius 3 is 2.53 bits per heavy atom. The predicted octanol–water partition coefficient (Wildman–Crippen LogP) is 1.93. The number of hydrogen-bond donors (Lipinski definition) is 1. The second kappa shape index (κ2) is 5.12. The van der Waals surface area contributed by atoms with Crippen molar-refractivity contribution in [2.24, 2.45) is 0 Å². The molecule has 0 saturated heterocycles. The van der Waals surface area contributed by atoms with Gasteiger partial charge in [0, 0.05) is 30.4 Å². The smallest absolute Gasteiger partial charge is 0.255 e. The Bertz CT molecular complexity index is 366. The van der Waals surface area contributed by atoms with Gasteiger partial charge in [-0.25, -0.2) is 0 Å². The number of nitrogens with one attached hydrogen (secondary N) is 1. The molecular weight excluding hydrogens is 188 g/mol. The van der Waals surface area contributed by atoms with Crippen LogP contribution in [-0.2, 0) is 6.54 Å². The zero-order valence-electron chi connectivity index (χ0n) is 9.95. The van der Waals surface area contributed by atoms with E-state index in [4.69, 9.17) is 0 Å². The Hall–Kier alpha value is -1.09. The minimum Gasteiger partial charge on any atom is -0.313 e. The van der Waals surface area contributed by atoms with Gasteiger partial charge in [-0.15, -0.1) is 0 Å². The van der Waals surface area contributed by atoms with Gasteiger partial charge in [-0.05, 0) is 19.9 Å². The first-order chi connectivity index (χ1) is 7.02. The first-order valence-electron chi connectivity index (χ1n) is 5.45. The van der Waals surface area contributed by atoms with Gasteiger partial charge in [-0.3, -0.25) is 4.79 Å². The summed E-state index contributed by atoms with van der Waals surface area (Å²) >= 11 is 0. The molecule has 1 aromatic rings. The quantitative estimate of drug-likeness (QED) is 0.820. The molecule has 1 heterocycles. The van der Waals surface area contributed by atoms with Crippen LogP contribution in [0.2, 0.25) is 0 Å². The number of nitrogens with zero attached hydrogens (tertiary/aromatic N) is 1. The summed E-state index contributed by atoms with van der Waals surface area (Å²) in [5.74, 6) is 0. The lowest BCUT2D eigenvalue weighted by Crippen LogP contribution is -2.30. The standard InChI is InChI=1S/C12H20N2O/c1-9(2)13-8-11-6-5-7-14(10(3)4)12(11)15/h5-7,9-10,13H,8H2,1-4H3. The van der Waals surface area contributed by atoms with E-state index in [0.29, 0.717) is 12.6 Å². The van der Waals surface area contributed by atoms with Crippen molar-refractivity contribution in [2.75, 3.05) is 0 Å². The third-order valence-electron chi connectivity index (χ3n) is 2.31. The van der Waals surface area contributed by atoms with E-state index in [2.05, 4.69) is 19.2 Å². The van der Waals surface area contributed by atoms with Crippen molar-refractivity contribution in [1.29, 1.82) is 0 Å². The van der Waals surface area contributed by atoms with Crippen molar-refractivity contribution < 1.29 is 0 Å². The molecule has 0 fully saturated rings. The summed E-state index contributed by atoms with van der Waals surface area (Å²) in [6, 6.07) is 4.43. The first kappa shape index (κ1) is 12.0. The fraction of sp³-hybridized carbons (Fsp3) is 0.583. The van der Waals surface area contributed by atoms with Crippen molar-refractivity contribution in [1.82, 2.24) is 9.88 Å². The van der Waals surface area contributed by atoms with Crippen LogP contribution in [0.5, 0.6) is 0 Å². The van der Waals surface area contributed by atoms with Crippen molar-refractivity contribution in [3.8, 4) is 0 Å². The molecular formula is C12H20N2O. The summed E-state index contributed by atoms with van der Waals surface area (Å²) in [7, 11) is 0. The molecule has 0 radical (unpaired) electrons. The largest absolute Gasteiger partial charge is 0.313 e. The Labute approximate surface area is 91.1 Å². The zero-order chi connectivity index (χ0) is 11.4. The SMILES string of the molecule is CC(C)NCc1cccn(C(C)C)c1=O. The van der Waals surface area contributed by atoms with E-state index >= 15 is 0 Å². The highest BCUT2D eigenvalue weighted by molar-refractivity contribution is 5.10. The van der Waals surface area contributed by atoms with Gasteiger partial charge in [-0.2, -0.15) is 0 Å². The van der Waals surface area contributed by atoms with E-state index in [9.17, 15) is 4.79 Å². The summed E-state index contributed by atoms with van der Waals surface area (Å²) in [4.78, 5) is 11.9. The van der Waals surface area contributed by atoms with Gasteiger partial charge < -0.3 is 9.88 Å². The topological polar surface area (TPSA) is 34.0 Å². The van der Waals surface area contributed by atoms with Gasteiger partial charge in [0.05, 0.1) is 0 Å². The molecule has 1 rings (SSSR count). The third-order valence-corrected chi connectivity index (χ3v) is 2.31. The molecule has 0 aliphatic rings. The predicted molar refractivity (Wildman–Crippen MR) is 63.1 cm³/mol. The Kier molecular flexibility index (Phi) is 4.09. The normalized spacial score (nSPS) is 11.3. The van der Waals surface area contributed by atoms with E-state index < -0.39 is 0 Å². The number of hydrogen-bond acceptors (Lipinski definition) is 2. The van der Waals surface area contributed by atoms with Crippen LogP contribution >= 0.6 is 0 Å². The van der Waals surface area contributed by atoms with Crippen LogP contribution < -0.4 is 10.9 Å². The maximum Gasteiger partial charge on any atom is 0.255 e. The van der Waals surface area contributed by atoms with Gasteiger partial charge in [0.2, 0.25) is 0 Å². The number of pyridine rings is 1. The third kappa shape index (κ3) is 3.20. The summed E-state index contributed by atoms with van der Waals surface area (Å²) in [5.41, 5.74) is 0.945. The lowest BCUT2D eigenvalue weighted by atomic mass is 10.2. The Morgan fingerprint density at radius 1 is 1.33 bits per heavy atom. The molecule has 0 spiro atoms. The van der Waals surface area contributed by atoms with Gasteiger partial charge >= 0.3 is 0 Å². The van der Waals surface area contributed by atoms with E-state index in [1.165, 1.54) is 0 Å². The summed E-state index contributed by atoms with van der Waals surface area (Å²) in [6.07, 6.45) is 1.84. The molecule has 0 bridgehead atoms. The van der Waals surface area contributed by atoms with Gasteiger partial charge in [0.15, 0.2) is 0 Å². The highest BCUT2D eigenvalue weighted by Crippen LogP contribution is 2.01. The van der Waals surface area contributed by atoms with E-state index in [-0.39, 0.29) is 11.6 Å². The van der Waals surface area contributed by atoms with Crippen LogP contribution in [0.3, 0.4) is 0 Å². The zero-order valence-corrected chi connectivity index (χ0v) is 9.95. The number of rotatable bonds is 4. The highest BCUT2D eigenvalue weighted by atomic mass is 16.1. The lowest BCUT2D eigenvalue weighted by Gasteiger charge is -2.12. The molecule has 0 amide bonds. The Morgan fingerprint density at radius 2 is 2.00 bits per heavy atom. The molecule has 0 saturated carbocycles. The monoisotopic (exact) mass is 208 g/mol. The first-order valence-corrected chi connectivity index (χ1v) is 5.45. The Balaban J connectivity index is 2.90. The summed E-state index contributed by atoms with van der Waals surface area (Å²) < 4.78 is 1.76. The van der Waals surface area contributed by atoms with Gasteiger partial charge in [0.1, 0.15) is 0 Å². The van der Waals surface area contributed by atoms with E-state index in [0.717, 1.165) is 5.56 Å². The van der Waals surface area contributed by atoms with Crippen LogP contribution in [0.25, 0.3) is 0 Å². The highest BCUT2D eigenvalue weighted by Gasteiger charge is 2.05. The molecule has 3 heteroatoms.